The fraction of sp³-hybridized carbons (Fsp3) is 0.462. The van der Waals surface area contributed by atoms with Gasteiger partial charge in [0.05, 0.1) is 6.10 Å². The van der Waals surface area contributed by atoms with E-state index in [-0.39, 0.29) is 6.04 Å². The molecule has 0 fully saturated rings. The fourth-order valence-corrected chi connectivity index (χ4v) is 1.82. The quantitative estimate of drug-likeness (QED) is 0.702. The second kappa shape index (κ2) is 6.37. The van der Waals surface area contributed by atoms with E-state index in [1.54, 1.807) is 19.1 Å². The minimum atomic E-state index is -0.909. The van der Waals surface area contributed by atoms with Crippen LogP contribution in [0.3, 0.4) is 0 Å². The molecule has 0 saturated carbocycles. The molecule has 4 nitrogen and oxygen atoms in total. The van der Waals surface area contributed by atoms with Crippen LogP contribution in [0, 0.1) is 0 Å². The molecule has 0 aromatic heterocycles. The monoisotopic (exact) mass is 237 g/mol. The van der Waals surface area contributed by atoms with Crippen LogP contribution in [0.1, 0.15) is 31.9 Å². The Bertz CT molecular complexity index is 351. The zero-order valence-corrected chi connectivity index (χ0v) is 10.1. The maximum atomic E-state index is 11.2. The molecule has 0 aliphatic carbocycles. The number of carboxylic acid groups (broad SMARTS) is 1. The molecule has 0 aliphatic heterocycles. The third-order valence-corrected chi connectivity index (χ3v) is 2.53. The topological polar surface area (TPSA) is 69.6 Å². The highest BCUT2D eigenvalue weighted by atomic mass is 16.4. The number of aliphatic hydroxyl groups is 1. The van der Waals surface area contributed by atoms with Crippen molar-refractivity contribution in [3.05, 3.63) is 35.9 Å². The molecule has 1 aromatic rings. The van der Waals surface area contributed by atoms with E-state index < -0.39 is 18.1 Å². The first-order valence-electron chi connectivity index (χ1n) is 5.72. The van der Waals surface area contributed by atoms with Crippen molar-refractivity contribution >= 4 is 5.97 Å². The van der Waals surface area contributed by atoms with E-state index in [2.05, 4.69) is 5.32 Å². The van der Waals surface area contributed by atoms with Gasteiger partial charge in [0.1, 0.15) is 6.04 Å². The van der Waals surface area contributed by atoms with E-state index in [0.29, 0.717) is 6.42 Å². The van der Waals surface area contributed by atoms with Crippen molar-refractivity contribution < 1.29 is 15.0 Å². The lowest BCUT2D eigenvalue weighted by Crippen LogP contribution is -2.36. The van der Waals surface area contributed by atoms with Gasteiger partial charge >= 0.3 is 5.97 Å². The largest absolute Gasteiger partial charge is 0.480 e. The van der Waals surface area contributed by atoms with Gasteiger partial charge in [-0.3, -0.25) is 10.1 Å². The molecule has 0 spiro atoms. The molecule has 0 heterocycles. The number of hydrogen-bond acceptors (Lipinski definition) is 3. The predicted octanol–water partition coefficient (Wildman–Crippen LogP) is 1.56. The SMILES string of the molecule is CC(O)CC(C)NC(C(=O)O)c1ccccc1. The number of aliphatic hydroxyl groups excluding tert-OH is 1. The van der Waals surface area contributed by atoms with E-state index in [1.165, 1.54) is 0 Å². The Hall–Kier alpha value is -1.39. The molecule has 1 aromatic carbocycles. The summed E-state index contributed by atoms with van der Waals surface area (Å²) in [5.74, 6) is -0.909. The van der Waals surface area contributed by atoms with E-state index in [1.807, 2.05) is 25.1 Å². The maximum Gasteiger partial charge on any atom is 0.325 e. The zero-order valence-electron chi connectivity index (χ0n) is 10.1. The van der Waals surface area contributed by atoms with Gasteiger partial charge in [-0.15, -0.1) is 0 Å². The molecule has 4 heteroatoms. The molecular weight excluding hydrogens is 218 g/mol. The Morgan fingerprint density at radius 3 is 2.35 bits per heavy atom. The smallest absolute Gasteiger partial charge is 0.325 e. The number of carboxylic acids is 1. The van der Waals surface area contributed by atoms with Crippen LogP contribution in [0.4, 0.5) is 0 Å². The first-order valence-corrected chi connectivity index (χ1v) is 5.72. The summed E-state index contributed by atoms with van der Waals surface area (Å²) in [6.45, 7) is 3.56. The van der Waals surface area contributed by atoms with Crippen LogP contribution in [0.15, 0.2) is 30.3 Å². The van der Waals surface area contributed by atoms with Gasteiger partial charge in [-0.2, -0.15) is 0 Å². The molecule has 0 amide bonds. The molecular formula is C13H19NO3. The third kappa shape index (κ3) is 4.54. The van der Waals surface area contributed by atoms with Gasteiger partial charge in [0.15, 0.2) is 0 Å². The van der Waals surface area contributed by atoms with Gasteiger partial charge in [0.25, 0.3) is 0 Å². The van der Waals surface area contributed by atoms with Crippen molar-refractivity contribution in [3.63, 3.8) is 0 Å². The van der Waals surface area contributed by atoms with Gasteiger partial charge < -0.3 is 10.2 Å². The number of nitrogens with one attached hydrogen (secondary N) is 1. The lowest BCUT2D eigenvalue weighted by molar-refractivity contribution is -0.140. The van der Waals surface area contributed by atoms with Gasteiger partial charge in [-0.25, -0.2) is 0 Å². The Kier molecular flexibility index (Phi) is 5.12. The lowest BCUT2D eigenvalue weighted by atomic mass is 10.0. The summed E-state index contributed by atoms with van der Waals surface area (Å²) in [7, 11) is 0. The summed E-state index contributed by atoms with van der Waals surface area (Å²) < 4.78 is 0. The molecule has 3 N–H and O–H groups in total. The number of aliphatic carboxylic acids is 1. The van der Waals surface area contributed by atoms with Gasteiger partial charge in [-0.05, 0) is 25.8 Å². The number of benzene rings is 1. The van der Waals surface area contributed by atoms with Crippen LogP contribution in [0.2, 0.25) is 0 Å². The molecule has 0 saturated heterocycles. The summed E-state index contributed by atoms with van der Waals surface area (Å²) >= 11 is 0. The molecule has 0 bridgehead atoms. The second-order valence-corrected chi connectivity index (χ2v) is 4.33. The van der Waals surface area contributed by atoms with Crippen LogP contribution in [-0.4, -0.2) is 28.3 Å². The van der Waals surface area contributed by atoms with Crippen LogP contribution in [-0.2, 0) is 4.79 Å². The van der Waals surface area contributed by atoms with Crippen molar-refractivity contribution in [3.8, 4) is 0 Å². The number of hydrogen-bond donors (Lipinski definition) is 3. The standard InChI is InChI=1S/C13H19NO3/c1-9(8-10(2)15)14-12(13(16)17)11-6-4-3-5-7-11/h3-7,9-10,12,14-15H,8H2,1-2H3,(H,16,17). The molecule has 0 radical (unpaired) electrons. The maximum absolute atomic E-state index is 11.2. The summed E-state index contributed by atoms with van der Waals surface area (Å²) in [6.07, 6.45) is 0.0825. The van der Waals surface area contributed by atoms with Crippen molar-refractivity contribution in [2.75, 3.05) is 0 Å². The van der Waals surface area contributed by atoms with Crippen LogP contribution in [0.5, 0.6) is 0 Å². The van der Waals surface area contributed by atoms with Gasteiger partial charge in [0, 0.05) is 6.04 Å². The minimum absolute atomic E-state index is 0.0590. The van der Waals surface area contributed by atoms with Crippen LogP contribution in [0.25, 0.3) is 0 Å². The Morgan fingerprint density at radius 2 is 1.88 bits per heavy atom. The van der Waals surface area contributed by atoms with Crippen molar-refractivity contribution in [1.29, 1.82) is 0 Å². The highest BCUT2D eigenvalue weighted by molar-refractivity contribution is 5.75. The van der Waals surface area contributed by atoms with Crippen LogP contribution >= 0.6 is 0 Å². The van der Waals surface area contributed by atoms with E-state index in [9.17, 15) is 15.0 Å². The van der Waals surface area contributed by atoms with E-state index >= 15 is 0 Å². The van der Waals surface area contributed by atoms with Crippen LogP contribution < -0.4 is 5.32 Å². The molecule has 3 atom stereocenters. The molecule has 17 heavy (non-hydrogen) atoms. The highest BCUT2D eigenvalue weighted by Gasteiger charge is 2.21. The Balaban J connectivity index is 2.71. The van der Waals surface area contributed by atoms with Crippen molar-refractivity contribution in [1.82, 2.24) is 5.32 Å². The average molecular weight is 237 g/mol. The lowest BCUT2D eigenvalue weighted by Gasteiger charge is -2.21. The molecule has 3 unspecified atom stereocenters. The van der Waals surface area contributed by atoms with E-state index in [4.69, 9.17) is 0 Å². The fourth-order valence-electron chi connectivity index (χ4n) is 1.82. The second-order valence-electron chi connectivity index (χ2n) is 4.33. The van der Waals surface area contributed by atoms with Gasteiger partial charge in [0.2, 0.25) is 0 Å². The number of carbonyl (C=O) groups is 1. The molecule has 0 aliphatic rings. The normalized spacial score (nSPS) is 16.2. The molecule has 94 valence electrons. The average Bonchev–Trinajstić information content (AvgIpc) is 2.25. The highest BCUT2D eigenvalue weighted by Crippen LogP contribution is 2.14. The first-order chi connectivity index (χ1) is 8.00. The number of rotatable bonds is 6. The molecule has 1 rings (SSSR count). The minimum Gasteiger partial charge on any atom is -0.480 e. The van der Waals surface area contributed by atoms with Crippen molar-refractivity contribution in [2.24, 2.45) is 0 Å². The predicted molar refractivity (Wildman–Crippen MR) is 65.7 cm³/mol. The summed E-state index contributed by atoms with van der Waals surface area (Å²) in [5.41, 5.74) is 0.720. The summed E-state index contributed by atoms with van der Waals surface area (Å²) in [4.78, 5) is 11.2. The Morgan fingerprint density at radius 1 is 1.29 bits per heavy atom. The van der Waals surface area contributed by atoms with Crippen molar-refractivity contribution in [2.45, 2.75) is 38.5 Å². The summed E-state index contributed by atoms with van der Waals surface area (Å²) in [6, 6.07) is 8.24. The first kappa shape index (κ1) is 13.7. The Labute approximate surface area is 101 Å². The summed E-state index contributed by atoms with van der Waals surface area (Å²) in [5, 5.41) is 21.4. The van der Waals surface area contributed by atoms with Gasteiger partial charge in [-0.1, -0.05) is 30.3 Å². The van der Waals surface area contributed by atoms with E-state index in [0.717, 1.165) is 5.56 Å². The zero-order chi connectivity index (χ0) is 12.8. The third-order valence-electron chi connectivity index (χ3n) is 2.53.